The summed E-state index contributed by atoms with van der Waals surface area (Å²) >= 11 is 6.40. The van der Waals surface area contributed by atoms with E-state index in [1.807, 2.05) is 25.1 Å². The van der Waals surface area contributed by atoms with Crippen molar-refractivity contribution in [3.63, 3.8) is 0 Å². The maximum absolute atomic E-state index is 11.8. The number of halogens is 1. The number of hydrazone groups is 1. The Labute approximate surface area is 199 Å². The number of benzene rings is 1. The van der Waals surface area contributed by atoms with E-state index >= 15 is 0 Å². The molecule has 0 radical (unpaired) electrons. The number of carboxylic acids is 1. The molecule has 3 aliphatic carbocycles. The first-order valence-electron chi connectivity index (χ1n) is 11.9. The molecule has 0 spiro atoms. The van der Waals surface area contributed by atoms with E-state index in [0.29, 0.717) is 28.0 Å². The van der Waals surface area contributed by atoms with Gasteiger partial charge in [0.1, 0.15) is 6.07 Å². The third-order valence-electron chi connectivity index (χ3n) is 7.75. The smallest absolute Gasteiger partial charge is 0.331 e. The molecule has 0 bridgehead atoms. The monoisotopic (exact) mass is 461 g/mol. The highest BCUT2D eigenvalue weighted by molar-refractivity contribution is 6.32. The molecule has 2 saturated carbocycles. The molecule has 33 heavy (non-hydrogen) atoms. The van der Waals surface area contributed by atoms with Gasteiger partial charge in [-0.3, -0.25) is 5.01 Å². The van der Waals surface area contributed by atoms with Crippen LogP contribution in [0.2, 0.25) is 5.02 Å². The Hall–Kier alpha value is -2.84. The van der Waals surface area contributed by atoms with Crippen LogP contribution in [-0.2, 0) is 4.79 Å². The average Bonchev–Trinajstić information content (AvgIpc) is 3.44. The van der Waals surface area contributed by atoms with E-state index < -0.39 is 5.97 Å². The maximum atomic E-state index is 11.8. The van der Waals surface area contributed by atoms with E-state index in [4.69, 9.17) is 16.7 Å². The standard InChI is InChI=1S/C27H28ClN3O2/c1-16-6-7-17-9-11-23-25(22(17)13-12-21(16)27(32)33)30-31(26(23)18-4-2-3-5-18)20-10-8-19(15-29)24(28)14-20/h7-8,10,12-14,16,18,23,26H,2-6,9,11H2,1H3,(H,32,33). The summed E-state index contributed by atoms with van der Waals surface area (Å²) in [5.41, 5.74) is 5.27. The van der Waals surface area contributed by atoms with Gasteiger partial charge in [-0.2, -0.15) is 10.4 Å². The molecule has 0 saturated heterocycles. The molecule has 1 N–H and O–H groups in total. The molecule has 5 rings (SSSR count). The molecule has 170 valence electrons. The lowest BCUT2D eigenvalue weighted by atomic mass is 9.72. The first-order valence-corrected chi connectivity index (χ1v) is 12.3. The quantitative estimate of drug-likeness (QED) is 0.576. The first kappa shape index (κ1) is 22.0. The fourth-order valence-electron chi connectivity index (χ4n) is 6.02. The van der Waals surface area contributed by atoms with Gasteiger partial charge < -0.3 is 5.11 Å². The molecule has 4 aliphatic rings. The lowest BCUT2D eigenvalue weighted by molar-refractivity contribution is -0.133. The molecule has 2 fully saturated rings. The second-order valence-corrected chi connectivity index (χ2v) is 10.1. The van der Waals surface area contributed by atoms with Crippen molar-refractivity contribution in [1.82, 2.24) is 0 Å². The van der Waals surface area contributed by atoms with Crippen LogP contribution in [0.25, 0.3) is 0 Å². The fraction of sp³-hybridized carbons (Fsp3) is 0.444. The Morgan fingerprint density at radius 2 is 2.03 bits per heavy atom. The zero-order valence-electron chi connectivity index (χ0n) is 18.8. The normalized spacial score (nSPS) is 27.3. The number of aliphatic carboxylic acids is 1. The van der Waals surface area contributed by atoms with Crippen LogP contribution < -0.4 is 5.01 Å². The van der Waals surface area contributed by atoms with Gasteiger partial charge in [0.05, 0.1) is 28.0 Å². The lowest BCUT2D eigenvalue weighted by Gasteiger charge is -2.35. The molecule has 0 aromatic heterocycles. The van der Waals surface area contributed by atoms with Gasteiger partial charge in [0, 0.05) is 17.1 Å². The van der Waals surface area contributed by atoms with E-state index in [1.54, 1.807) is 12.1 Å². The van der Waals surface area contributed by atoms with Crippen LogP contribution >= 0.6 is 11.6 Å². The highest BCUT2D eigenvalue weighted by atomic mass is 35.5. The van der Waals surface area contributed by atoms with Crippen molar-refractivity contribution < 1.29 is 9.90 Å². The van der Waals surface area contributed by atoms with Crippen molar-refractivity contribution in [2.75, 3.05) is 5.01 Å². The minimum atomic E-state index is -0.852. The summed E-state index contributed by atoms with van der Waals surface area (Å²) in [5.74, 6) is 0.00844. The largest absolute Gasteiger partial charge is 0.478 e. The van der Waals surface area contributed by atoms with E-state index in [1.165, 1.54) is 31.3 Å². The van der Waals surface area contributed by atoms with Crippen molar-refractivity contribution in [1.29, 1.82) is 5.26 Å². The highest BCUT2D eigenvalue weighted by Crippen LogP contribution is 2.47. The van der Waals surface area contributed by atoms with Gasteiger partial charge in [-0.25, -0.2) is 4.79 Å². The Kier molecular flexibility index (Phi) is 5.88. The van der Waals surface area contributed by atoms with Crippen LogP contribution in [-0.4, -0.2) is 22.8 Å². The number of nitrogens with zero attached hydrogens (tertiary/aromatic N) is 3. The van der Waals surface area contributed by atoms with Gasteiger partial charge in [-0.15, -0.1) is 0 Å². The molecule has 3 unspecified atom stereocenters. The number of hydrogen-bond acceptors (Lipinski definition) is 4. The number of hydrogen-bond donors (Lipinski definition) is 1. The molecule has 1 aromatic rings. The minimum absolute atomic E-state index is 0.0143. The van der Waals surface area contributed by atoms with Gasteiger partial charge in [-0.1, -0.05) is 49.6 Å². The Morgan fingerprint density at radius 3 is 2.73 bits per heavy atom. The molecular weight excluding hydrogens is 434 g/mol. The van der Waals surface area contributed by atoms with Crippen LogP contribution in [0.15, 0.2) is 58.2 Å². The van der Waals surface area contributed by atoms with E-state index in [9.17, 15) is 15.2 Å². The summed E-state index contributed by atoms with van der Waals surface area (Å²) in [5, 5.41) is 26.7. The Balaban J connectivity index is 1.60. The van der Waals surface area contributed by atoms with Gasteiger partial charge in [0.25, 0.3) is 0 Å². The van der Waals surface area contributed by atoms with Crippen molar-refractivity contribution in [2.45, 2.75) is 57.9 Å². The summed E-state index contributed by atoms with van der Waals surface area (Å²) in [6, 6.07) is 7.98. The van der Waals surface area contributed by atoms with Gasteiger partial charge in [0.15, 0.2) is 0 Å². The summed E-state index contributed by atoms with van der Waals surface area (Å²) < 4.78 is 0. The number of allylic oxidation sites excluding steroid dienone is 5. The number of carbonyl (C=O) groups is 1. The maximum Gasteiger partial charge on any atom is 0.331 e. The van der Waals surface area contributed by atoms with Crippen LogP contribution in [0.4, 0.5) is 5.69 Å². The highest BCUT2D eigenvalue weighted by Gasteiger charge is 2.46. The van der Waals surface area contributed by atoms with Crippen molar-refractivity contribution in [2.24, 2.45) is 22.9 Å². The number of carboxylic acid groups (broad SMARTS) is 1. The molecular formula is C27H28ClN3O2. The van der Waals surface area contributed by atoms with Crippen LogP contribution in [0.3, 0.4) is 0 Å². The SMILES string of the molecule is CC1CC=C2CCC3C(=NN(c4ccc(C#N)c(Cl)c4)C3C3CCCC3)C2=CC=C1C(=O)O. The summed E-state index contributed by atoms with van der Waals surface area (Å²) in [6.07, 6.45) is 13.7. The van der Waals surface area contributed by atoms with Crippen LogP contribution in [0.5, 0.6) is 0 Å². The van der Waals surface area contributed by atoms with E-state index in [2.05, 4.69) is 17.2 Å². The van der Waals surface area contributed by atoms with Gasteiger partial charge in [-0.05, 0) is 67.7 Å². The minimum Gasteiger partial charge on any atom is -0.478 e. The topological polar surface area (TPSA) is 76.7 Å². The van der Waals surface area contributed by atoms with Crippen molar-refractivity contribution in [3.05, 3.63) is 63.7 Å². The first-order chi connectivity index (χ1) is 16.0. The third-order valence-corrected chi connectivity index (χ3v) is 8.07. The lowest BCUT2D eigenvalue weighted by Crippen LogP contribution is -2.40. The van der Waals surface area contributed by atoms with Gasteiger partial charge >= 0.3 is 5.97 Å². The Morgan fingerprint density at radius 1 is 1.24 bits per heavy atom. The van der Waals surface area contributed by atoms with Crippen molar-refractivity contribution >= 4 is 29.0 Å². The van der Waals surface area contributed by atoms with Crippen LogP contribution in [0, 0.1) is 29.1 Å². The second kappa shape index (κ2) is 8.83. The molecule has 1 aliphatic heterocycles. The molecule has 3 atom stereocenters. The van der Waals surface area contributed by atoms with Gasteiger partial charge in [0.2, 0.25) is 0 Å². The second-order valence-electron chi connectivity index (χ2n) is 9.66. The zero-order valence-corrected chi connectivity index (χ0v) is 19.6. The number of rotatable bonds is 3. The predicted octanol–water partition coefficient (Wildman–Crippen LogP) is 6.26. The van der Waals surface area contributed by atoms with Crippen LogP contribution in [0.1, 0.15) is 57.4 Å². The average molecular weight is 462 g/mol. The van der Waals surface area contributed by atoms with Crippen molar-refractivity contribution in [3.8, 4) is 6.07 Å². The fourth-order valence-corrected chi connectivity index (χ4v) is 6.24. The molecule has 5 nitrogen and oxygen atoms in total. The molecule has 0 amide bonds. The molecule has 6 heteroatoms. The molecule has 1 aromatic carbocycles. The number of nitriles is 1. The molecule has 1 heterocycles. The third kappa shape index (κ3) is 3.91. The summed E-state index contributed by atoms with van der Waals surface area (Å²) in [4.78, 5) is 11.8. The zero-order chi connectivity index (χ0) is 23.1. The number of fused-ring (bicyclic) bond motifs is 3. The Bertz CT molecular complexity index is 1150. The van der Waals surface area contributed by atoms with E-state index in [-0.39, 0.29) is 12.0 Å². The number of anilines is 1. The summed E-state index contributed by atoms with van der Waals surface area (Å²) in [7, 11) is 0. The summed E-state index contributed by atoms with van der Waals surface area (Å²) in [6.45, 7) is 1.97. The predicted molar refractivity (Wildman–Crippen MR) is 130 cm³/mol. The van der Waals surface area contributed by atoms with E-state index in [0.717, 1.165) is 36.2 Å².